The lowest BCUT2D eigenvalue weighted by Gasteiger charge is -2.33. The first kappa shape index (κ1) is 41.5. The number of aromatic amines is 1. The number of nitrogens with zero attached hydrogens (tertiary/aromatic N) is 1. The SMILES string of the molecule is O=C(C(=O)C(F)(F)F)C(F)(F)F.O=C(CCNCCc1cccc(O)c1)N(CCNCCc1ccc(O)c2[nH]c(=O)sc12)C1CCCCCCC1. The molecular weight excluding hydrogens is 706 g/mol. The highest BCUT2D eigenvalue weighted by Gasteiger charge is 2.54. The first-order valence-electron chi connectivity index (χ1n) is 16.6. The molecule has 2 aromatic carbocycles. The average molecular weight is 749 g/mol. The van der Waals surface area contributed by atoms with Crippen LogP contribution in [-0.4, -0.2) is 88.7 Å². The van der Waals surface area contributed by atoms with Crippen LogP contribution in [0.4, 0.5) is 26.3 Å². The molecule has 1 aromatic heterocycles. The van der Waals surface area contributed by atoms with Gasteiger partial charge in [-0.1, -0.05) is 61.6 Å². The Morgan fingerprint density at radius 3 is 2.06 bits per heavy atom. The number of hydrogen-bond donors (Lipinski definition) is 5. The molecule has 51 heavy (non-hydrogen) atoms. The number of carbonyl (C=O) groups is 3. The van der Waals surface area contributed by atoms with E-state index in [2.05, 4.69) is 20.5 Å². The van der Waals surface area contributed by atoms with E-state index >= 15 is 0 Å². The Bertz CT molecular complexity index is 1630. The summed E-state index contributed by atoms with van der Waals surface area (Å²) in [6.45, 7) is 3.55. The zero-order valence-electron chi connectivity index (χ0n) is 27.8. The van der Waals surface area contributed by atoms with Crippen LogP contribution in [0.25, 0.3) is 10.2 Å². The molecule has 10 nitrogen and oxygen atoms in total. The van der Waals surface area contributed by atoms with E-state index in [1.807, 2.05) is 18.2 Å². The molecule has 1 amide bonds. The third kappa shape index (κ3) is 13.6. The number of Topliss-reactive ketones (excluding diaryl/α,β-unsaturated/α-hetero) is 2. The van der Waals surface area contributed by atoms with Crippen LogP contribution in [0.1, 0.15) is 62.5 Å². The van der Waals surface area contributed by atoms with Crippen molar-refractivity contribution in [2.24, 2.45) is 0 Å². The number of H-pyrrole nitrogens is 1. The Balaban J connectivity index is 0.000000501. The van der Waals surface area contributed by atoms with Gasteiger partial charge in [0.25, 0.3) is 0 Å². The fourth-order valence-corrected chi connectivity index (χ4v) is 6.64. The fourth-order valence-electron chi connectivity index (χ4n) is 5.74. The topological polar surface area (TPSA) is 152 Å². The molecule has 0 bridgehead atoms. The lowest BCUT2D eigenvalue weighted by atomic mass is 9.95. The molecule has 0 radical (unpaired) electrons. The number of carbonyl (C=O) groups excluding carboxylic acids is 3. The summed E-state index contributed by atoms with van der Waals surface area (Å²) >= 11 is 1.13. The maximum Gasteiger partial charge on any atom is 0.458 e. The number of benzene rings is 2. The Morgan fingerprint density at radius 2 is 1.43 bits per heavy atom. The van der Waals surface area contributed by atoms with Crippen molar-refractivity contribution in [3.8, 4) is 11.5 Å². The number of thiazole rings is 1. The largest absolute Gasteiger partial charge is 0.508 e. The van der Waals surface area contributed by atoms with Gasteiger partial charge in [0, 0.05) is 32.1 Å². The van der Waals surface area contributed by atoms with E-state index in [0.717, 1.165) is 72.5 Å². The molecule has 0 unspecified atom stereocenters. The van der Waals surface area contributed by atoms with Crippen molar-refractivity contribution in [1.82, 2.24) is 20.5 Å². The van der Waals surface area contributed by atoms with Crippen LogP contribution < -0.4 is 15.5 Å². The molecule has 1 fully saturated rings. The predicted molar refractivity (Wildman–Crippen MR) is 180 cm³/mol. The number of ketones is 2. The standard InChI is InChI=1S/C30H42N4O4S.C4F6O2/c35-25-10-6-7-22(21-25)13-16-31-18-15-27(37)34(24-8-4-2-1-3-5-9-24)20-19-32-17-14-23-11-12-26(36)28-29(23)39-30(38)33-28;5-3(6,7)1(11)2(12)4(8,9)10/h6-7,10-12,21,24,31-32,35-36H,1-5,8-9,13-20H2,(H,33,38);. The molecule has 1 saturated carbocycles. The van der Waals surface area contributed by atoms with Crippen molar-refractivity contribution in [2.75, 3.05) is 32.7 Å². The highest BCUT2D eigenvalue weighted by atomic mass is 32.1. The summed E-state index contributed by atoms with van der Waals surface area (Å²) in [4.78, 5) is 49.0. The second kappa shape index (κ2) is 19.6. The monoisotopic (exact) mass is 748 g/mol. The number of aromatic hydroxyl groups is 2. The Kier molecular flexibility index (Phi) is 15.9. The molecule has 3 aromatic rings. The van der Waals surface area contributed by atoms with Crippen LogP contribution >= 0.6 is 11.3 Å². The van der Waals surface area contributed by atoms with Gasteiger partial charge in [0.2, 0.25) is 5.91 Å². The van der Waals surface area contributed by atoms with Gasteiger partial charge < -0.3 is 30.7 Å². The highest BCUT2D eigenvalue weighted by Crippen LogP contribution is 2.28. The summed E-state index contributed by atoms with van der Waals surface area (Å²) in [6.07, 6.45) is -1.19. The first-order chi connectivity index (χ1) is 24.1. The Labute approximate surface area is 294 Å². The van der Waals surface area contributed by atoms with Crippen molar-refractivity contribution >= 4 is 39.0 Å². The van der Waals surface area contributed by atoms with E-state index in [-0.39, 0.29) is 22.3 Å². The molecule has 17 heteroatoms. The number of nitrogens with one attached hydrogen (secondary N) is 3. The number of phenols is 2. The maximum absolute atomic E-state index is 13.4. The number of rotatable bonds is 14. The molecule has 1 heterocycles. The Morgan fingerprint density at radius 1 is 0.824 bits per heavy atom. The smallest absolute Gasteiger partial charge is 0.458 e. The molecule has 1 aliphatic carbocycles. The lowest BCUT2D eigenvalue weighted by Crippen LogP contribution is -2.45. The normalized spacial score (nSPS) is 14.3. The van der Waals surface area contributed by atoms with E-state index < -0.39 is 23.9 Å². The molecule has 0 spiro atoms. The maximum atomic E-state index is 13.4. The van der Waals surface area contributed by atoms with E-state index in [4.69, 9.17) is 0 Å². The third-order valence-corrected chi connectivity index (χ3v) is 9.27. The van der Waals surface area contributed by atoms with E-state index in [9.17, 15) is 55.7 Å². The minimum absolute atomic E-state index is 0.0993. The number of fused-ring (bicyclic) bond motifs is 1. The van der Waals surface area contributed by atoms with Crippen molar-refractivity contribution < 1.29 is 50.9 Å². The number of alkyl halides is 6. The molecule has 0 saturated heterocycles. The summed E-state index contributed by atoms with van der Waals surface area (Å²) in [7, 11) is 0. The molecule has 0 atom stereocenters. The minimum atomic E-state index is -5.77. The Hall–Kier alpha value is -3.96. The average Bonchev–Trinajstić information content (AvgIpc) is 3.45. The quantitative estimate of drug-likeness (QED) is 0.0819. The van der Waals surface area contributed by atoms with E-state index in [0.29, 0.717) is 31.1 Å². The van der Waals surface area contributed by atoms with Gasteiger partial charge >= 0.3 is 28.8 Å². The summed E-state index contributed by atoms with van der Waals surface area (Å²) in [6, 6.07) is 11.1. The predicted octanol–water partition coefficient (Wildman–Crippen LogP) is 5.55. The number of amides is 1. The van der Waals surface area contributed by atoms with Gasteiger partial charge in [0.05, 0.1) is 4.70 Å². The van der Waals surface area contributed by atoms with Gasteiger partial charge in [-0.25, -0.2) is 0 Å². The molecule has 5 N–H and O–H groups in total. The van der Waals surface area contributed by atoms with Gasteiger partial charge in [-0.15, -0.1) is 0 Å². The molecular formula is C34H42F6N4O6S. The number of phenolic OH excluding ortho intramolecular Hbond substituents is 2. The zero-order chi connectivity index (χ0) is 37.6. The number of aromatic nitrogens is 1. The highest BCUT2D eigenvalue weighted by molar-refractivity contribution is 7.16. The van der Waals surface area contributed by atoms with Gasteiger partial charge in [-0.3, -0.25) is 19.2 Å². The second-order valence-electron chi connectivity index (χ2n) is 12.1. The van der Waals surface area contributed by atoms with Crippen LogP contribution in [0.2, 0.25) is 0 Å². The van der Waals surface area contributed by atoms with Crippen LogP contribution in [0.3, 0.4) is 0 Å². The summed E-state index contributed by atoms with van der Waals surface area (Å²) in [5.41, 5.74) is 2.62. The number of halogens is 6. The van der Waals surface area contributed by atoms with Gasteiger partial charge in [0.15, 0.2) is 0 Å². The van der Waals surface area contributed by atoms with Crippen molar-refractivity contribution in [3.05, 3.63) is 57.2 Å². The van der Waals surface area contributed by atoms with Gasteiger partial charge in [0.1, 0.15) is 17.0 Å². The summed E-state index contributed by atoms with van der Waals surface area (Å²) < 4.78 is 67.8. The van der Waals surface area contributed by atoms with Crippen LogP contribution in [-0.2, 0) is 27.2 Å². The van der Waals surface area contributed by atoms with Crippen LogP contribution in [0, 0.1) is 0 Å². The zero-order valence-corrected chi connectivity index (χ0v) is 28.6. The summed E-state index contributed by atoms with van der Waals surface area (Å²) in [5, 5.41) is 26.5. The van der Waals surface area contributed by atoms with E-state index in [1.165, 1.54) is 32.1 Å². The van der Waals surface area contributed by atoms with Gasteiger partial charge in [-0.05, 0) is 68.1 Å². The first-order valence-corrected chi connectivity index (χ1v) is 17.4. The van der Waals surface area contributed by atoms with E-state index in [1.54, 1.807) is 18.2 Å². The molecule has 0 aliphatic heterocycles. The minimum Gasteiger partial charge on any atom is -0.508 e. The van der Waals surface area contributed by atoms with Crippen molar-refractivity contribution in [1.29, 1.82) is 0 Å². The molecule has 4 rings (SSSR count). The van der Waals surface area contributed by atoms with Crippen LogP contribution in [0.5, 0.6) is 11.5 Å². The number of hydrogen-bond acceptors (Lipinski definition) is 9. The third-order valence-electron chi connectivity index (χ3n) is 8.31. The lowest BCUT2D eigenvalue weighted by molar-refractivity contribution is -0.193. The van der Waals surface area contributed by atoms with Crippen molar-refractivity contribution in [2.45, 2.75) is 82.6 Å². The fraction of sp³-hybridized carbons (Fsp3) is 0.529. The van der Waals surface area contributed by atoms with Crippen molar-refractivity contribution in [3.63, 3.8) is 0 Å². The second-order valence-corrected chi connectivity index (χ2v) is 13.1. The summed E-state index contributed by atoms with van der Waals surface area (Å²) in [5.74, 6) is -6.22. The van der Waals surface area contributed by atoms with Gasteiger partial charge in [-0.2, -0.15) is 26.3 Å². The molecule has 1 aliphatic rings. The van der Waals surface area contributed by atoms with Crippen LogP contribution in [0.15, 0.2) is 41.2 Å². The molecule has 282 valence electrons.